The van der Waals surface area contributed by atoms with Crippen molar-refractivity contribution in [2.75, 3.05) is 6.54 Å². The number of rotatable bonds is 3. The Labute approximate surface area is 115 Å². The van der Waals surface area contributed by atoms with Crippen LogP contribution in [0.3, 0.4) is 0 Å². The number of carbonyl (C=O) groups is 2. The van der Waals surface area contributed by atoms with Gasteiger partial charge in [-0.05, 0) is 25.2 Å². The molecule has 2 aliphatic rings. The van der Waals surface area contributed by atoms with Crippen LogP contribution in [0.4, 0.5) is 0 Å². The molecule has 2 fully saturated rings. The summed E-state index contributed by atoms with van der Waals surface area (Å²) in [5.41, 5.74) is -0.587. The number of piperazine rings is 1. The molecule has 0 aromatic carbocycles. The highest BCUT2D eigenvalue weighted by molar-refractivity contribution is 5.99. The van der Waals surface area contributed by atoms with Gasteiger partial charge in [-0.3, -0.25) is 9.59 Å². The lowest BCUT2D eigenvalue weighted by molar-refractivity contribution is -0.157. The minimum absolute atomic E-state index is 0.0460. The lowest BCUT2D eigenvalue weighted by Gasteiger charge is -2.48. The van der Waals surface area contributed by atoms with Crippen molar-refractivity contribution in [3.8, 4) is 0 Å². The summed E-state index contributed by atoms with van der Waals surface area (Å²) in [6.45, 7) is 6.86. The average molecular weight is 266 g/mol. The molecule has 1 saturated carbocycles. The van der Waals surface area contributed by atoms with Crippen molar-refractivity contribution in [1.29, 1.82) is 0 Å². The van der Waals surface area contributed by atoms with Gasteiger partial charge in [0.2, 0.25) is 11.8 Å². The fourth-order valence-corrected chi connectivity index (χ4v) is 3.43. The standard InChI is InChI=1S/C15H26N2O2/c1-4-12-13(18)16-15(8-6-5-7-9-15)14(19)17(12)10-11(2)3/h11-12H,4-10H2,1-3H3,(H,16,18). The summed E-state index contributed by atoms with van der Waals surface area (Å²) in [5, 5.41) is 3.06. The monoisotopic (exact) mass is 266 g/mol. The lowest BCUT2D eigenvalue weighted by Crippen LogP contribution is -2.71. The highest BCUT2D eigenvalue weighted by Gasteiger charge is 2.50. The fourth-order valence-electron chi connectivity index (χ4n) is 3.43. The van der Waals surface area contributed by atoms with Crippen molar-refractivity contribution < 1.29 is 9.59 Å². The van der Waals surface area contributed by atoms with Gasteiger partial charge in [-0.2, -0.15) is 0 Å². The average Bonchev–Trinajstić information content (AvgIpc) is 2.37. The molecule has 1 N–H and O–H groups in total. The van der Waals surface area contributed by atoms with Crippen LogP contribution in [0.1, 0.15) is 59.3 Å². The normalized spacial score (nSPS) is 26.9. The first kappa shape index (κ1) is 14.4. The molecule has 1 aliphatic carbocycles. The van der Waals surface area contributed by atoms with Gasteiger partial charge in [-0.25, -0.2) is 0 Å². The van der Waals surface area contributed by atoms with Crippen LogP contribution in [-0.2, 0) is 9.59 Å². The van der Waals surface area contributed by atoms with Gasteiger partial charge in [-0.1, -0.05) is 40.0 Å². The molecule has 0 bridgehead atoms. The molecule has 1 saturated heterocycles. The number of nitrogens with one attached hydrogen (secondary N) is 1. The summed E-state index contributed by atoms with van der Waals surface area (Å²) in [4.78, 5) is 27.0. The van der Waals surface area contributed by atoms with E-state index in [-0.39, 0.29) is 17.9 Å². The maximum Gasteiger partial charge on any atom is 0.249 e. The first-order valence-electron chi connectivity index (χ1n) is 7.63. The van der Waals surface area contributed by atoms with E-state index in [1.165, 1.54) is 6.42 Å². The van der Waals surface area contributed by atoms with Crippen LogP contribution in [0.5, 0.6) is 0 Å². The second-order valence-corrected chi connectivity index (χ2v) is 6.41. The van der Waals surface area contributed by atoms with E-state index >= 15 is 0 Å². The molecule has 0 radical (unpaired) electrons. The van der Waals surface area contributed by atoms with Crippen LogP contribution < -0.4 is 5.32 Å². The van der Waals surface area contributed by atoms with E-state index in [1.807, 2.05) is 11.8 Å². The van der Waals surface area contributed by atoms with Gasteiger partial charge in [0.05, 0.1) is 0 Å². The highest BCUT2D eigenvalue weighted by Crippen LogP contribution is 2.34. The summed E-state index contributed by atoms with van der Waals surface area (Å²) >= 11 is 0. The second-order valence-electron chi connectivity index (χ2n) is 6.41. The number of hydrogen-bond acceptors (Lipinski definition) is 2. The van der Waals surface area contributed by atoms with Crippen molar-refractivity contribution >= 4 is 11.8 Å². The molecule has 1 unspecified atom stereocenters. The zero-order valence-corrected chi connectivity index (χ0v) is 12.4. The zero-order chi connectivity index (χ0) is 14.0. The Morgan fingerprint density at radius 2 is 1.89 bits per heavy atom. The van der Waals surface area contributed by atoms with Crippen molar-refractivity contribution in [1.82, 2.24) is 10.2 Å². The van der Waals surface area contributed by atoms with Crippen LogP contribution in [0.15, 0.2) is 0 Å². The Morgan fingerprint density at radius 3 is 2.42 bits per heavy atom. The van der Waals surface area contributed by atoms with Gasteiger partial charge in [0.25, 0.3) is 0 Å². The van der Waals surface area contributed by atoms with E-state index in [2.05, 4.69) is 19.2 Å². The molecular weight excluding hydrogens is 240 g/mol. The van der Waals surface area contributed by atoms with Gasteiger partial charge in [-0.15, -0.1) is 0 Å². The van der Waals surface area contributed by atoms with Crippen LogP contribution in [0, 0.1) is 5.92 Å². The van der Waals surface area contributed by atoms with E-state index in [1.54, 1.807) is 0 Å². The lowest BCUT2D eigenvalue weighted by atomic mass is 9.78. The molecule has 4 heteroatoms. The molecule has 4 nitrogen and oxygen atoms in total. The molecule has 1 aliphatic heterocycles. The summed E-state index contributed by atoms with van der Waals surface area (Å²) in [5.74, 6) is 0.599. The quantitative estimate of drug-likeness (QED) is 0.850. The number of carbonyl (C=O) groups excluding carboxylic acids is 2. The van der Waals surface area contributed by atoms with Crippen LogP contribution in [0.2, 0.25) is 0 Å². The van der Waals surface area contributed by atoms with Crippen LogP contribution in [-0.4, -0.2) is 34.8 Å². The first-order valence-corrected chi connectivity index (χ1v) is 7.63. The maximum absolute atomic E-state index is 12.9. The minimum Gasteiger partial charge on any atom is -0.340 e. The molecular formula is C15H26N2O2. The van der Waals surface area contributed by atoms with Crippen molar-refractivity contribution in [2.45, 2.75) is 70.9 Å². The SMILES string of the molecule is CCC1C(=O)NC2(CCCCC2)C(=O)N1CC(C)C. The molecule has 2 amide bonds. The summed E-state index contributed by atoms with van der Waals surface area (Å²) in [7, 11) is 0. The predicted octanol–water partition coefficient (Wildman–Crippen LogP) is 2.08. The topological polar surface area (TPSA) is 49.4 Å². The van der Waals surface area contributed by atoms with Crippen molar-refractivity contribution in [3.63, 3.8) is 0 Å². The number of nitrogens with zero attached hydrogens (tertiary/aromatic N) is 1. The first-order chi connectivity index (χ1) is 9.00. The van der Waals surface area contributed by atoms with E-state index in [4.69, 9.17) is 0 Å². The largest absolute Gasteiger partial charge is 0.340 e. The summed E-state index contributed by atoms with van der Waals surface area (Å²) in [6, 6.07) is -0.276. The molecule has 0 aromatic rings. The van der Waals surface area contributed by atoms with E-state index in [0.717, 1.165) is 25.7 Å². The third-order valence-corrected chi connectivity index (χ3v) is 4.37. The van der Waals surface area contributed by atoms with Gasteiger partial charge in [0.15, 0.2) is 0 Å². The Morgan fingerprint density at radius 1 is 1.26 bits per heavy atom. The predicted molar refractivity (Wildman–Crippen MR) is 74.6 cm³/mol. The van der Waals surface area contributed by atoms with Gasteiger partial charge >= 0.3 is 0 Å². The van der Waals surface area contributed by atoms with Gasteiger partial charge in [0, 0.05) is 6.54 Å². The smallest absolute Gasteiger partial charge is 0.249 e. The molecule has 1 spiro atoms. The highest BCUT2D eigenvalue weighted by atomic mass is 16.2. The van der Waals surface area contributed by atoms with E-state index in [0.29, 0.717) is 18.9 Å². The molecule has 2 rings (SSSR count). The van der Waals surface area contributed by atoms with Crippen molar-refractivity contribution in [3.05, 3.63) is 0 Å². The molecule has 0 aromatic heterocycles. The molecule has 19 heavy (non-hydrogen) atoms. The van der Waals surface area contributed by atoms with E-state index < -0.39 is 5.54 Å². The molecule has 1 atom stereocenters. The Kier molecular flexibility index (Phi) is 4.16. The fraction of sp³-hybridized carbons (Fsp3) is 0.867. The molecule has 1 heterocycles. The zero-order valence-electron chi connectivity index (χ0n) is 12.4. The summed E-state index contributed by atoms with van der Waals surface area (Å²) < 4.78 is 0. The third kappa shape index (κ3) is 2.63. The minimum atomic E-state index is -0.587. The van der Waals surface area contributed by atoms with Gasteiger partial charge in [0.1, 0.15) is 11.6 Å². The maximum atomic E-state index is 12.9. The Bertz CT molecular complexity index is 359. The number of amides is 2. The Balaban J connectivity index is 2.26. The summed E-state index contributed by atoms with van der Waals surface area (Å²) in [6.07, 6.45) is 5.56. The van der Waals surface area contributed by atoms with Gasteiger partial charge < -0.3 is 10.2 Å². The number of hydrogen-bond donors (Lipinski definition) is 1. The van der Waals surface area contributed by atoms with Crippen molar-refractivity contribution in [2.24, 2.45) is 5.92 Å². The van der Waals surface area contributed by atoms with Crippen LogP contribution in [0.25, 0.3) is 0 Å². The van der Waals surface area contributed by atoms with E-state index in [9.17, 15) is 9.59 Å². The third-order valence-electron chi connectivity index (χ3n) is 4.37. The molecule has 108 valence electrons. The second kappa shape index (κ2) is 5.51. The Hall–Kier alpha value is -1.06. The van der Waals surface area contributed by atoms with Crippen LogP contribution >= 0.6 is 0 Å².